The lowest BCUT2D eigenvalue weighted by molar-refractivity contribution is 0.0931. The van der Waals surface area contributed by atoms with Crippen molar-refractivity contribution in [2.24, 2.45) is 0 Å². The molecule has 2 aromatic heterocycles. The maximum Gasteiger partial charge on any atom is 0.251 e. The van der Waals surface area contributed by atoms with Crippen LogP contribution in [0.4, 0.5) is 5.82 Å². The maximum absolute atomic E-state index is 12.3. The number of H-pyrrole nitrogens is 1. The Morgan fingerprint density at radius 2 is 1.81 bits per heavy atom. The number of aromatic amines is 1. The molecule has 138 valence electrons. The third-order valence-electron chi connectivity index (χ3n) is 4.82. The fourth-order valence-corrected chi connectivity index (χ4v) is 3.40. The van der Waals surface area contributed by atoms with Gasteiger partial charge in [0, 0.05) is 48.2 Å². The van der Waals surface area contributed by atoms with Crippen molar-refractivity contribution >= 4 is 23.3 Å². The number of pyridine rings is 1. The molecule has 0 bridgehead atoms. The van der Waals surface area contributed by atoms with E-state index in [4.69, 9.17) is 11.6 Å². The summed E-state index contributed by atoms with van der Waals surface area (Å²) in [6, 6.07) is 13.4. The Bertz CT molecular complexity index is 902. The van der Waals surface area contributed by atoms with Gasteiger partial charge in [0.05, 0.1) is 5.69 Å². The van der Waals surface area contributed by atoms with Crippen molar-refractivity contribution in [3.63, 3.8) is 0 Å². The lowest BCUT2D eigenvalue weighted by Crippen LogP contribution is -2.44. The highest BCUT2D eigenvalue weighted by atomic mass is 35.5. The molecule has 4 rings (SSSR count). The monoisotopic (exact) mass is 381 g/mol. The van der Waals surface area contributed by atoms with E-state index in [1.54, 1.807) is 24.5 Å². The number of rotatable bonds is 4. The Morgan fingerprint density at radius 3 is 2.52 bits per heavy atom. The number of anilines is 1. The van der Waals surface area contributed by atoms with Gasteiger partial charge in [-0.05, 0) is 42.7 Å². The summed E-state index contributed by atoms with van der Waals surface area (Å²) in [5.41, 5.74) is 2.67. The molecule has 2 N–H and O–H groups in total. The van der Waals surface area contributed by atoms with Crippen molar-refractivity contribution in [1.29, 1.82) is 0 Å². The van der Waals surface area contributed by atoms with Crippen LogP contribution in [0.3, 0.4) is 0 Å². The molecule has 1 amide bonds. The van der Waals surface area contributed by atoms with Crippen molar-refractivity contribution in [2.45, 2.75) is 18.9 Å². The second-order valence-corrected chi connectivity index (χ2v) is 7.05. The van der Waals surface area contributed by atoms with E-state index in [1.165, 1.54) is 0 Å². The van der Waals surface area contributed by atoms with Crippen LogP contribution in [0.2, 0.25) is 5.02 Å². The number of carbonyl (C=O) groups excluding carboxylic acids is 1. The number of nitrogens with zero attached hydrogens (tertiary/aromatic N) is 3. The van der Waals surface area contributed by atoms with Crippen LogP contribution in [-0.2, 0) is 0 Å². The minimum atomic E-state index is -0.0411. The Balaban J connectivity index is 1.34. The molecule has 0 spiro atoms. The first-order chi connectivity index (χ1) is 13.2. The molecule has 0 saturated carbocycles. The minimum absolute atomic E-state index is 0.0411. The molecule has 1 fully saturated rings. The van der Waals surface area contributed by atoms with E-state index in [0.717, 1.165) is 48.0 Å². The van der Waals surface area contributed by atoms with Crippen molar-refractivity contribution in [1.82, 2.24) is 20.5 Å². The third kappa shape index (κ3) is 4.11. The van der Waals surface area contributed by atoms with E-state index in [1.807, 2.05) is 24.3 Å². The quantitative estimate of drug-likeness (QED) is 0.725. The average Bonchev–Trinajstić information content (AvgIpc) is 3.20. The zero-order valence-electron chi connectivity index (χ0n) is 14.7. The van der Waals surface area contributed by atoms with Gasteiger partial charge in [0.2, 0.25) is 0 Å². The van der Waals surface area contributed by atoms with Gasteiger partial charge in [-0.1, -0.05) is 23.7 Å². The second-order valence-electron chi connectivity index (χ2n) is 6.62. The number of benzene rings is 1. The fourth-order valence-electron chi connectivity index (χ4n) is 3.28. The predicted octanol–water partition coefficient (Wildman–Crippen LogP) is 3.52. The molecule has 1 aromatic carbocycles. The number of halogens is 1. The normalized spacial score (nSPS) is 14.9. The lowest BCUT2D eigenvalue weighted by atomic mass is 10.0. The molecule has 3 aromatic rings. The van der Waals surface area contributed by atoms with Crippen LogP contribution in [0.15, 0.2) is 54.9 Å². The van der Waals surface area contributed by atoms with Crippen LogP contribution < -0.4 is 10.2 Å². The number of hydrogen-bond donors (Lipinski definition) is 2. The van der Waals surface area contributed by atoms with Gasteiger partial charge < -0.3 is 10.2 Å². The van der Waals surface area contributed by atoms with Crippen molar-refractivity contribution in [2.75, 3.05) is 18.0 Å². The van der Waals surface area contributed by atoms with Crippen LogP contribution in [0.1, 0.15) is 23.2 Å². The van der Waals surface area contributed by atoms with Crippen molar-refractivity contribution in [3.8, 4) is 11.3 Å². The number of piperidine rings is 1. The lowest BCUT2D eigenvalue weighted by Gasteiger charge is -2.32. The average molecular weight is 382 g/mol. The highest BCUT2D eigenvalue weighted by Gasteiger charge is 2.22. The Kier molecular flexibility index (Phi) is 5.07. The van der Waals surface area contributed by atoms with Crippen LogP contribution in [0.5, 0.6) is 0 Å². The molecular formula is C20H20ClN5O. The Morgan fingerprint density at radius 1 is 1.11 bits per heavy atom. The molecule has 0 radical (unpaired) electrons. The van der Waals surface area contributed by atoms with Crippen LogP contribution in [-0.4, -0.2) is 40.2 Å². The highest BCUT2D eigenvalue weighted by Crippen LogP contribution is 2.25. The summed E-state index contributed by atoms with van der Waals surface area (Å²) >= 11 is 5.95. The maximum atomic E-state index is 12.3. The van der Waals surface area contributed by atoms with E-state index >= 15 is 0 Å². The molecule has 7 heteroatoms. The molecule has 27 heavy (non-hydrogen) atoms. The van der Waals surface area contributed by atoms with Gasteiger partial charge in [0.1, 0.15) is 0 Å². The molecule has 0 aliphatic carbocycles. The minimum Gasteiger partial charge on any atom is -0.355 e. The summed E-state index contributed by atoms with van der Waals surface area (Å²) in [4.78, 5) is 18.5. The van der Waals surface area contributed by atoms with Crippen LogP contribution >= 0.6 is 11.6 Å². The van der Waals surface area contributed by atoms with Crippen molar-refractivity contribution < 1.29 is 4.79 Å². The van der Waals surface area contributed by atoms with Gasteiger partial charge >= 0.3 is 0 Å². The van der Waals surface area contributed by atoms with E-state index in [-0.39, 0.29) is 11.9 Å². The summed E-state index contributed by atoms with van der Waals surface area (Å²) in [6.45, 7) is 1.71. The number of nitrogens with one attached hydrogen (secondary N) is 2. The molecule has 0 unspecified atom stereocenters. The summed E-state index contributed by atoms with van der Waals surface area (Å²) in [5.74, 6) is 0.888. The summed E-state index contributed by atoms with van der Waals surface area (Å²) in [5, 5.41) is 11.4. The number of amides is 1. The van der Waals surface area contributed by atoms with Crippen molar-refractivity contribution in [3.05, 3.63) is 65.4 Å². The standard InChI is InChI=1S/C20H20ClN5O/c21-16-3-1-14(2-4-16)18-13-19(25-24-18)26-11-7-17(8-12-26)23-20(27)15-5-9-22-10-6-15/h1-6,9-10,13,17H,7-8,11-12H2,(H,23,27)(H,24,25). The van der Waals surface area contributed by atoms with Gasteiger partial charge in [-0.15, -0.1) is 0 Å². The largest absolute Gasteiger partial charge is 0.355 e. The highest BCUT2D eigenvalue weighted by molar-refractivity contribution is 6.30. The topological polar surface area (TPSA) is 73.9 Å². The van der Waals surface area contributed by atoms with E-state index in [9.17, 15) is 4.79 Å². The second kappa shape index (κ2) is 7.80. The zero-order chi connectivity index (χ0) is 18.6. The number of carbonyl (C=O) groups is 1. The van der Waals surface area contributed by atoms with Crippen LogP contribution in [0.25, 0.3) is 11.3 Å². The predicted molar refractivity (Wildman–Crippen MR) is 106 cm³/mol. The van der Waals surface area contributed by atoms with E-state index in [2.05, 4.69) is 31.5 Å². The van der Waals surface area contributed by atoms with Crippen LogP contribution in [0, 0.1) is 0 Å². The summed E-state index contributed by atoms with van der Waals surface area (Å²) < 4.78 is 0. The molecule has 0 atom stereocenters. The first-order valence-corrected chi connectivity index (χ1v) is 9.34. The molecular weight excluding hydrogens is 362 g/mol. The number of hydrogen-bond acceptors (Lipinski definition) is 4. The molecule has 1 aliphatic heterocycles. The summed E-state index contributed by atoms with van der Waals surface area (Å²) in [7, 11) is 0. The molecule has 6 nitrogen and oxygen atoms in total. The van der Waals surface area contributed by atoms with Gasteiger partial charge in [-0.2, -0.15) is 5.10 Å². The first-order valence-electron chi connectivity index (χ1n) is 8.96. The van der Waals surface area contributed by atoms with Gasteiger partial charge in [-0.25, -0.2) is 0 Å². The van der Waals surface area contributed by atoms with E-state index in [0.29, 0.717) is 5.56 Å². The van der Waals surface area contributed by atoms with Gasteiger partial charge in [0.15, 0.2) is 5.82 Å². The molecule has 1 aliphatic rings. The fraction of sp³-hybridized carbons (Fsp3) is 0.250. The van der Waals surface area contributed by atoms with E-state index < -0.39 is 0 Å². The number of aromatic nitrogens is 3. The SMILES string of the molecule is O=C(NC1CCN(c2cc(-c3ccc(Cl)cc3)[nH]n2)CC1)c1ccncc1. The Hall–Kier alpha value is -2.86. The molecule has 3 heterocycles. The summed E-state index contributed by atoms with van der Waals surface area (Å²) in [6.07, 6.45) is 5.04. The third-order valence-corrected chi connectivity index (χ3v) is 5.07. The Labute approximate surface area is 162 Å². The smallest absolute Gasteiger partial charge is 0.251 e. The van der Waals surface area contributed by atoms with Gasteiger partial charge in [0.25, 0.3) is 5.91 Å². The molecule has 1 saturated heterocycles. The zero-order valence-corrected chi connectivity index (χ0v) is 15.5. The van der Waals surface area contributed by atoms with Gasteiger partial charge in [-0.3, -0.25) is 14.9 Å². The first kappa shape index (κ1) is 17.5.